The van der Waals surface area contributed by atoms with Crippen LogP contribution in [-0.4, -0.2) is 14.5 Å². The Morgan fingerprint density at radius 2 is 1.68 bits per heavy atom. The summed E-state index contributed by atoms with van der Waals surface area (Å²) in [6.07, 6.45) is 0. The molecule has 0 unspecified atom stereocenters. The molecule has 1 saturated carbocycles. The second kappa shape index (κ2) is 3.96. The molecule has 1 aliphatic rings. The van der Waals surface area contributed by atoms with Crippen molar-refractivity contribution in [3.05, 3.63) is 23.8 Å². The van der Waals surface area contributed by atoms with Crippen LogP contribution < -0.4 is 10.5 Å². The van der Waals surface area contributed by atoms with Crippen LogP contribution in [-0.2, 0) is 10.0 Å². The fourth-order valence-corrected chi connectivity index (χ4v) is 4.14. The number of nitrogen functional groups attached to an aromatic ring is 1. The molecule has 0 amide bonds. The van der Waals surface area contributed by atoms with Gasteiger partial charge in [-0.3, -0.25) is 0 Å². The molecule has 1 aromatic rings. The average Bonchev–Trinajstić information content (AvgIpc) is 2.64. The molecule has 0 heterocycles. The summed E-state index contributed by atoms with van der Waals surface area (Å²) in [5.74, 6) is 0. The first kappa shape index (κ1) is 14.3. The topological polar surface area (TPSA) is 72.2 Å². The number of benzene rings is 1. The van der Waals surface area contributed by atoms with Gasteiger partial charge in [0.2, 0.25) is 10.0 Å². The first-order valence-electron chi connectivity index (χ1n) is 6.38. The minimum Gasteiger partial charge on any atom is -0.399 e. The van der Waals surface area contributed by atoms with Gasteiger partial charge >= 0.3 is 0 Å². The molecular formula is C14H22N2O2S. The number of rotatable bonds is 3. The van der Waals surface area contributed by atoms with E-state index in [1.165, 1.54) is 0 Å². The normalized spacial score (nSPS) is 21.3. The Hall–Kier alpha value is -1.07. The van der Waals surface area contributed by atoms with E-state index in [1.807, 2.05) is 0 Å². The standard InChI is InChI=1S/C14H22N2O2S/c1-9-8-10(6-7-11(9)15)19(17,18)16-12-13(2,3)14(12,4)5/h6-8,12,16H,15H2,1-5H3. The van der Waals surface area contributed by atoms with Crippen molar-refractivity contribution in [3.63, 3.8) is 0 Å². The molecule has 0 aromatic heterocycles. The number of nitrogens with two attached hydrogens (primary N) is 1. The molecule has 1 aliphatic carbocycles. The molecule has 0 spiro atoms. The highest BCUT2D eigenvalue weighted by molar-refractivity contribution is 7.89. The maximum absolute atomic E-state index is 12.4. The maximum atomic E-state index is 12.4. The molecule has 0 aliphatic heterocycles. The van der Waals surface area contributed by atoms with Gasteiger partial charge in [-0.25, -0.2) is 13.1 Å². The zero-order chi connectivity index (χ0) is 14.6. The van der Waals surface area contributed by atoms with Gasteiger partial charge < -0.3 is 5.73 Å². The molecule has 0 radical (unpaired) electrons. The summed E-state index contributed by atoms with van der Waals surface area (Å²) >= 11 is 0. The van der Waals surface area contributed by atoms with E-state index in [9.17, 15) is 8.42 Å². The largest absolute Gasteiger partial charge is 0.399 e. The van der Waals surface area contributed by atoms with Crippen molar-refractivity contribution in [2.45, 2.75) is 45.6 Å². The Kier molecular flexibility index (Phi) is 2.99. The highest BCUT2D eigenvalue weighted by Gasteiger charge is 2.65. The third kappa shape index (κ3) is 2.15. The van der Waals surface area contributed by atoms with Gasteiger partial charge in [0.25, 0.3) is 0 Å². The predicted octanol–water partition coefficient (Wildman–Crippen LogP) is 2.29. The second-order valence-corrected chi connectivity index (χ2v) is 8.23. The zero-order valence-electron chi connectivity index (χ0n) is 12.1. The summed E-state index contributed by atoms with van der Waals surface area (Å²) in [4.78, 5) is 0.276. The Labute approximate surface area is 115 Å². The van der Waals surface area contributed by atoms with Crippen LogP contribution in [0, 0.1) is 17.8 Å². The molecular weight excluding hydrogens is 260 g/mol. The Balaban J connectivity index is 2.28. The van der Waals surface area contributed by atoms with Crippen LogP contribution in [0.3, 0.4) is 0 Å². The van der Waals surface area contributed by atoms with Gasteiger partial charge in [-0.2, -0.15) is 0 Å². The molecule has 0 bridgehead atoms. The number of aryl methyl sites for hydroxylation is 1. The maximum Gasteiger partial charge on any atom is 0.240 e. The van der Waals surface area contributed by atoms with E-state index in [4.69, 9.17) is 5.73 Å². The van der Waals surface area contributed by atoms with Crippen molar-refractivity contribution in [2.75, 3.05) is 5.73 Å². The SMILES string of the molecule is Cc1cc(S(=O)(=O)NC2C(C)(C)C2(C)C)ccc1N. The van der Waals surface area contributed by atoms with E-state index >= 15 is 0 Å². The molecule has 1 aromatic carbocycles. The molecule has 0 saturated heterocycles. The van der Waals surface area contributed by atoms with Crippen LogP contribution in [0.15, 0.2) is 23.1 Å². The van der Waals surface area contributed by atoms with E-state index < -0.39 is 10.0 Å². The first-order chi connectivity index (χ1) is 8.50. The molecule has 1 fully saturated rings. The van der Waals surface area contributed by atoms with Gasteiger partial charge in [-0.05, 0) is 41.5 Å². The summed E-state index contributed by atoms with van der Waals surface area (Å²) in [6.45, 7) is 10.1. The highest BCUT2D eigenvalue weighted by atomic mass is 32.2. The molecule has 5 heteroatoms. The van der Waals surface area contributed by atoms with Crippen molar-refractivity contribution < 1.29 is 8.42 Å². The lowest BCUT2D eigenvalue weighted by Gasteiger charge is -2.10. The minimum atomic E-state index is -3.48. The molecule has 3 N–H and O–H groups in total. The lowest BCUT2D eigenvalue weighted by molar-refractivity contribution is 0.457. The van der Waals surface area contributed by atoms with Gasteiger partial charge in [0.15, 0.2) is 0 Å². The Bertz CT molecular complexity index is 604. The third-order valence-electron chi connectivity index (χ3n) is 4.85. The average molecular weight is 282 g/mol. The van der Waals surface area contributed by atoms with E-state index in [0.29, 0.717) is 5.69 Å². The van der Waals surface area contributed by atoms with Crippen molar-refractivity contribution >= 4 is 15.7 Å². The monoisotopic (exact) mass is 282 g/mol. The molecule has 4 nitrogen and oxygen atoms in total. The van der Waals surface area contributed by atoms with E-state index in [-0.39, 0.29) is 21.8 Å². The Morgan fingerprint density at radius 1 is 1.16 bits per heavy atom. The van der Waals surface area contributed by atoms with Crippen molar-refractivity contribution in [1.82, 2.24) is 4.72 Å². The zero-order valence-corrected chi connectivity index (χ0v) is 12.9. The second-order valence-electron chi connectivity index (χ2n) is 6.52. The van der Waals surface area contributed by atoms with Crippen molar-refractivity contribution in [2.24, 2.45) is 10.8 Å². The summed E-state index contributed by atoms with van der Waals surface area (Å²) < 4.78 is 27.5. The Morgan fingerprint density at radius 3 is 2.11 bits per heavy atom. The fraction of sp³-hybridized carbons (Fsp3) is 0.571. The summed E-state index contributed by atoms with van der Waals surface area (Å²) in [6, 6.07) is 4.75. The van der Waals surface area contributed by atoms with E-state index in [2.05, 4.69) is 32.4 Å². The molecule has 106 valence electrons. The van der Waals surface area contributed by atoms with Crippen LogP contribution in [0.4, 0.5) is 5.69 Å². The molecule has 19 heavy (non-hydrogen) atoms. The van der Waals surface area contributed by atoms with Crippen LogP contribution in [0.25, 0.3) is 0 Å². The van der Waals surface area contributed by atoms with Crippen LogP contribution in [0.1, 0.15) is 33.3 Å². The van der Waals surface area contributed by atoms with Gasteiger partial charge in [0.1, 0.15) is 0 Å². The first-order valence-corrected chi connectivity index (χ1v) is 7.87. The van der Waals surface area contributed by atoms with E-state index in [1.54, 1.807) is 25.1 Å². The van der Waals surface area contributed by atoms with Gasteiger partial charge in [-0.15, -0.1) is 0 Å². The number of hydrogen-bond donors (Lipinski definition) is 2. The lowest BCUT2D eigenvalue weighted by atomic mass is 10.0. The lowest BCUT2D eigenvalue weighted by Crippen LogP contribution is -2.30. The fourth-order valence-electron chi connectivity index (χ4n) is 2.53. The van der Waals surface area contributed by atoms with Crippen LogP contribution >= 0.6 is 0 Å². The molecule has 2 rings (SSSR count). The highest BCUT2D eigenvalue weighted by Crippen LogP contribution is 2.62. The molecule has 0 atom stereocenters. The van der Waals surface area contributed by atoms with Crippen molar-refractivity contribution in [1.29, 1.82) is 0 Å². The van der Waals surface area contributed by atoms with Crippen LogP contribution in [0.5, 0.6) is 0 Å². The van der Waals surface area contributed by atoms with Gasteiger partial charge in [-0.1, -0.05) is 27.7 Å². The summed E-state index contributed by atoms with van der Waals surface area (Å²) in [5.41, 5.74) is 7.04. The number of hydrogen-bond acceptors (Lipinski definition) is 3. The van der Waals surface area contributed by atoms with Crippen molar-refractivity contribution in [3.8, 4) is 0 Å². The smallest absolute Gasteiger partial charge is 0.240 e. The van der Waals surface area contributed by atoms with Crippen LogP contribution in [0.2, 0.25) is 0 Å². The third-order valence-corrected chi connectivity index (χ3v) is 6.27. The van der Waals surface area contributed by atoms with Gasteiger partial charge in [0, 0.05) is 11.7 Å². The van der Waals surface area contributed by atoms with Gasteiger partial charge in [0.05, 0.1) is 4.90 Å². The quantitative estimate of drug-likeness (QED) is 0.835. The number of sulfonamides is 1. The minimum absolute atomic E-state index is 0.0249. The number of anilines is 1. The predicted molar refractivity (Wildman–Crippen MR) is 77.3 cm³/mol. The summed E-state index contributed by atoms with van der Waals surface area (Å²) in [5, 5.41) is 0. The number of nitrogens with one attached hydrogen (secondary N) is 1. The summed E-state index contributed by atoms with van der Waals surface area (Å²) in [7, 11) is -3.48. The van der Waals surface area contributed by atoms with E-state index in [0.717, 1.165) is 5.56 Å².